The number of phenolic OH excluding ortho intramolecular Hbond substituents is 2. The number of hydrogen-bond donors (Lipinski definition) is 2. The van der Waals surface area contributed by atoms with E-state index in [1.807, 2.05) is 24.3 Å². The van der Waals surface area contributed by atoms with Gasteiger partial charge in [0.05, 0.1) is 45.6 Å². The number of aromatic nitrogens is 2. The minimum absolute atomic E-state index is 0.146. The van der Waals surface area contributed by atoms with Crippen molar-refractivity contribution in [2.75, 3.05) is 0 Å². The molecule has 2 heterocycles. The molecule has 0 bridgehead atoms. The average Bonchev–Trinajstić information content (AvgIpc) is 3.83. The number of ether oxygens (including phenoxy) is 2. The van der Waals surface area contributed by atoms with Crippen LogP contribution in [0.5, 0.6) is 23.0 Å². The first-order chi connectivity index (χ1) is 33.0. The molecule has 0 radical (unpaired) electrons. The Labute approximate surface area is 406 Å². The topological polar surface area (TPSA) is 68.8 Å². The van der Waals surface area contributed by atoms with Crippen molar-refractivity contribution >= 4 is 43.6 Å². The Balaban J connectivity index is 1.00. The summed E-state index contributed by atoms with van der Waals surface area (Å²) >= 11 is 0. The second-order valence-corrected chi connectivity index (χ2v) is 21.1. The fraction of sp³-hybridized carbons (Fsp3) is 0.238. The van der Waals surface area contributed by atoms with Crippen LogP contribution in [0.15, 0.2) is 158 Å². The molecule has 2 N–H and O–H groups in total. The van der Waals surface area contributed by atoms with E-state index < -0.39 is 0 Å². The van der Waals surface area contributed by atoms with Crippen LogP contribution >= 0.6 is 0 Å². The van der Waals surface area contributed by atoms with E-state index in [0.29, 0.717) is 29.0 Å². The van der Waals surface area contributed by atoms with Crippen LogP contribution in [-0.2, 0) is 10.8 Å². The molecule has 348 valence electrons. The van der Waals surface area contributed by atoms with Crippen molar-refractivity contribution < 1.29 is 19.7 Å². The molecule has 0 aliphatic carbocycles. The van der Waals surface area contributed by atoms with Crippen molar-refractivity contribution in [2.45, 2.75) is 98.7 Å². The van der Waals surface area contributed by atoms with Crippen LogP contribution in [0.3, 0.4) is 0 Å². The van der Waals surface area contributed by atoms with Gasteiger partial charge < -0.3 is 28.8 Å². The van der Waals surface area contributed by atoms with Gasteiger partial charge in [-0.25, -0.2) is 0 Å². The first-order valence-electron chi connectivity index (χ1n) is 24.2. The summed E-state index contributed by atoms with van der Waals surface area (Å²) in [7, 11) is 0. The molecule has 1 unspecified atom stereocenters. The number of nitrogens with zero attached hydrogens (tertiary/aromatic N) is 2. The van der Waals surface area contributed by atoms with Crippen LogP contribution in [0, 0.1) is 13.8 Å². The molecule has 0 fully saturated rings. The molecule has 0 saturated heterocycles. The van der Waals surface area contributed by atoms with Gasteiger partial charge in [-0.05, 0) is 134 Å². The normalized spacial score (nSPS) is 13.1. The smallest absolute Gasteiger partial charge is 0.147 e. The van der Waals surface area contributed by atoms with Crippen LogP contribution in [-0.4, -0.2) is 31.6 Å². The Morgan fingerprint density at radius 1 is 0.420 bits per heavy atom. The van der Waals surface area contributed by atoms with Crippen LogP contribution in [0.2, 0.25) is 0 Å². The van der Waals surface area contributed by atoms with Gasteiger partial charge in [0.1, 0.15) is 23.0 Å². The van der Waals surface area contributed by atoms with Gasteiger partial charge in [0.2, 0.25) is 0 Å². The zero-order valence-electron chi connectivity index (χ0n) is 41.5. The number of para-hydroxylation sites is 4. The van der Waals surface area contributed by atoms with Gasteiger partial charge in [-0.3, -0.25) is 0 Å². The number of phenols is 2. The molecule has 6 heteroatoms. The fourth-order valence-corrected chi connectivity index (χ4v) is 10.3. The van der Waals surface area contributed by atoms with Gasteiger partial charge in [-0.2, -0.15) is 0 Å². The Kier molecular flexibility index (Phi) is 11.3. The maximum atomic E-state index is 12.5. The number of rotatable bonds is 10. The van der Waals surface area contributed by atoms with Crippen molar-refractivity contribution in [1.29, 1.82) is 0 Å². The lowest BCUT2D eigenvalue weighted by Crippen LogP contribution is -2.23. The summed E-state index contributed by atoms with van der Waals surface area (Å²) in [6.07, 6.45) is 0.0313. The average molecular weight is 911 g/mol. The lowest BCUT2D eigenvalue weighted by molar-refractivity contribution is 0.131. The molecule has 10 rings (SSSR count). The predicted octanol–water partition coefficient (Wildman–Crippen LogP) is 16.5. The largest absolute Gasteiger partial charge is 0.505 e. The summed E-state index contributed by atoms with van der Waals surface area (Å²) in [5, 5.41) is 29.5. The quantitative estimate of drug-likeness (QED) is 0.143. The predicted molar refractivity (Wildman–Crippen MR) is 287 cm³/mol. The van der Waals surface area contributed by atoms with Crippen molar-refractivity contribution in [3.63, 3.8) is 0 Å². The Morgan fingerprint density at radius 3 is 1.06 bits per heavy atom. The zero-order chi connectivity index (χ0) is 48.5. The highest BCUT2D eigenvalue weighted by Crippen LogP contribution is 2.47. The fourth-order valence-electron chi connectivity index (χ4n) is 10.3. The molecule has 6 nitrogen and oxygen atoms in total. The van der Waals surface area contributed by atoms with E-state index in [1.54, 1.807) is 0 Å². The monoisotopic (exact) mass is 910 g/mol. The standard InChI is InChI=1S/C63H62N2O4/c1-38-31-50(60(66)56(33-38)64-52-23-15-11-19-44(52)45-20-12-16-24-53(45)64)48-36-42(62(5,6)7)27-29-58(48)68-40(3)35-41(4)69-59-30-28-43(63(8,9)10)37-49(59)51-32-39(2)34-57(61(51)67)65-54-25-17-13-21-46(54)47-22-14-18-26-55(47)65/h11-34,36-37,40-41,66-67H,35H2,1-10H3/t40-,41?/m0/s1. The van der Waals surface area contributed by atoms with Crippen molar-refractivity contribution in [3.8, 4) is 56.6 Å². The second-order valence-electron chi connectivity index (χ2n) is 21.1. The molecule has 0 amide bonds. The third-order valence-electron chi connectivity index (χ3n) is 13.7. The Bertz CT molecular complexity index is 3250. The van der Waals surface area contributed by atoms with Gasteiger partial charge >= 0.3 is 0 Å². The molecule has 2 aromatic heterocycles. The third kappa shape index (κ3) is 8.26. The number of hydrogen-bond acceptors (Lipinski definition) is 4. The van der Waals surface area contributed by atoms with Crippen molar-refractivity contribution in [2.24, 2.45) is 0 Å². The number of aryl methyl sites for hydroxylation is 2. The highest BCUT2D eigenvalue weighted by atomic mass is 16.5. The summed E-state index contributed by atoms with van der Waals surface area (Å²) < 4.78 is 18.2. The Hall–Kier alpha value is -7.44. The van der Waals surface area contributed by atoms with Crippen LogP contribution in [0.25, 0.3) is 77.2 Å². The van der Waals surface area contributed by atoms with Gasteiger partial charge in [0, 0.05) is 50.2 Å². The van der Waals surface area contributed by atoms with E-state index >= 15 is 0 Å². The SMILES string of the molecule is Cc1cc(-c2cc(C(C)(C)C)ccc2OC(C)C[C@H](C)Oc2ccc(C(C)(C)C)cc2-c2cc(C)cc(-n3c4ccccc4c4ccccc43)c2O)c(O)c(-n2c3ccccc3c3ccccc32)c1. The zero-order valence-corrected chi connectivity index (χ0v) is 41.5. The first kappa shape index (κ1) is 45.3. The van der Waals surface area contributed by atoms with Crippen molar-refractivity contribution in [1.82, 2.24) is 9.13 Å². The first-order valence-corrected chi connectivity index (χ1v) is 24.2. The van der Waals surface area contributed by atoms with Gasteiger partial charge in [-0.1, -0.05) is 126 Å². The maximum absolute atomic E-state index is 12.5. The Morgan fingerprint density at radius 2 is 0.739 bits per heavy atom. The lowest BCUT2D eigenvalue weighted by Gasteiger charge is -2.26. The summed E-state index contributed by atoms with van der Waals surface area (Å²) in [5.41, 5.74) is 12.7. The van der Waals surface area contributed by atoms with Gasteiger partial charge in [-0.15, -0.1) is 0 Å². The molecule has 2 atom stereocenters. The van der Waals surface area contributed by atoms with Crippen LogP contribution < -0.4 is 9.47 Å². The summed E-state index contributed by atoms with van der Waals surface area (Å²) in [5.74, 6) is 1.77. The number of aromatic hydroxyl groups is 2. The molecular formula is C63H62N2O4. The maximum Gasteiger partial charge on any atom is 0.147 e. The molecule has 0 aliphatic rings. The van der Waals surface area contributed by atoms with E-state index in [0.717, 1.165) is 88.4 Å². The second kappa shape index (κ2) is 17.3. The molecule has 8 aromatic carbocycles. The molecule has 0 aliphatic heterocycles. The van der Waals surface area contributed by atoms with E-state index in [2.05, 4.69) is 212 Å². The highest BCUT2D eigenvalue weighted by Gasteiger charge is 2.26. The number of fused-ring (bicyclic) bond motifs is 6. The van der Waals surface area contributed by atoms with Crippen molar-refractivity contribution in [3.05, 3.63) is 180 Å². The summed E-state index contributed by atoms with van der Waals surface area (Å²) in [6.45, 7) is 21.6. The van der Waals surface area contributed by atoms with Gasteiger partial charge in [0.25, 0.3) is 0 Å². The summed E-state index contributed by atoms with van der Waals surface area (Å²) in [4.78, 5) is 0. The molecule has 0 saturated carbocycles. The van der Waals surface area contributed by atoms with Gasteiger partial charge in [0.15, 0.2) is 0 Å². The number of benzene rings is 8. The van der Waals surface area contributed by atoms with E-state index in [-0.39, 0.29) is 34.5 Å². The van der Waals surface area contributed by atoms with Crippen LogP contribution in [0.4, 0.5) is 0 Å². The van der Waals surface area contributed by atoms with E-state index in [1.165, 1.54) is 0 Å². The highest BCUT2D eigenvalue weighted by molar-refractivity contribution is 6.10. The molecule has 10 aromatic rings. The molecule has 0 spiro atoms. The third-order valence-corrected chi connectivity index (χ3v) is 13.7. The van der Waals surface area contributed by atoms with E-state index in [4.69, 9.17) is 9.47 Å². The molecule has 69 heavy (non-hydrogen) atoms. The van der Waals surface area contributed by atoms with Crippen LogP contribution in [0.1, 0.15) is 84.1 Å². The van der Waals surface area contributed by atoms with E-state index in [9.17, 15) is 10.2 Å². The minimum Gasteiger partial charge on any atom is -0.505 e. The lowest BCUT2D eigenvalue weighted by atomic mass is 9.85. The summed E-state index contributed by atoms with van der Waals surface area (Å²) in [6, 6.07) is 54.5. The minimum atomic E-state index is -0.269. The molecular weight excluding hydrogens is 849 g/mol.